The summed E-state index contributed by atoms with van der Waals surface area (Å²) in [7, 11) is 0. The molecule has 6 nitrogen and oxygen atoms in total. The second-order valence-electron chi connectivity index (χ2n) is 6.36. The van der Waals surface area contributed by atoms with E-state index in [4.69, 9.17) is 4.42 Å². The molecule has 2 bridgehead atoms. The van der Waals surface area contributed by atoms with Crippen LogP contribution in [0.2, 0.25) is 0 Å². The van der Waals surface area contributed by atoms with Crippen LogP contribution < -0.4 is 10.6 Å². The monoisotopic (exact) mass is 300 g/mol. The Morgan fingerprint density at radius 2 is 2.09 bits per heavy atom. The van der Waals surface area contributed by atoms with E-state index < -0.39 is 0 Å². The van der Waals surface area contributed by atoms with Crippen molar-refractivity contribution in [2.24, 2.45) is 0 Å². The Bertz CT molecular complexity index is 678. The molecule has 0 radical (unpaired) electrons. The molecular formula is C16H20N4O2. The Morgan fingerprint density at radius 1 is 1.32 bits per heavy atom. The summed E-state index contributed by atoms with van der Waals surface area (Å²) < 4.78 is 5.54. The number of furan rings is 1. The predicted molar refractivity (Wildman–Crippen MR) is 81.5 cm³/mol. The Hall–Kier alpha value is -2.08. The number of fused-ring (bicyclic) bond motifs is 2. The first kappa shape index (κ1) is 13.6. The lowest BCUT2D eigenvalue weighted by atomic mass is 10.00. The summed E-state index contributed by atoms with van der Waals surface area (Å²) >= 11 is 0. The number of nitrogens with one attached hydrogen (secondary N) is 3. The van der Waals surface area contributed by atoms with Crippen LogP contribution in [0.4, 0.5) is 0 Å². The average molecular weight is 300 g/mol. The van der Waals surface area contributed by atoms with Gasteiger partial charge in [-0.3, -0.25) is 9.89 Å². The summed E-state index contributed by atoms with van der Waals surface area (Å²) in [6.45, 7) is 1.89. The van der Waals surface area contributed by atoms with E-state index in [1.807, 2.05) is 19.1 Å². The third kappa shape index (κ3) is 2.54. The van der Waals surface area contributed by atoms with Gasteiger partial charge in [-0.1, -0.05) is 0 Å². The Balaban J connectivity index is 1.43. The zero-order valence-electron chi connectivity index (χ0n) is 12.6. The lowest BCUT2D eigenvalue weighted by Gasteiger charge is -2.29. The molecule has 6 heteroatoms. The quantitative estimate of drug-likeness (QED) is 0.809. The maximum atomic E-state index is 12.4. The van der Waals surface area contributed by atoms with Gasteiger partial charge in [0.15, 0.2) is 11.5 Å². The van der Waals surface area contributed by atoms with Crippen molar-refractivity contribution in [3.63, 3.8) is 0 Å². The van der Waals surface area contributed by atoms with E-state index in [0.717, 1.165) is 24.3 Å². The molecule has 3 N–H and O–H groups in total. The van der Waals surface area contributed by atoms with Gasteiger partial charge in [-0.25, -0.2) is 0 Å². The van der Waals surface area contributed by atoms with Crippen molar-refractivity contribution in [1.29, 1.82) is 0 Å². The van der Waals surface area contributed by atoms with Gasteiger partial charge in [0.25, 0.3) is 5.91 Å². The Kier molecular flexibility index (Phi) is 3.26. The van der Waals surface area contributed by atoms with E-state index in [9.17, 15) is 4.79 Å². The third-order valence-corrected chi connectivity index (χ3v) is 4.62. The summed E-state index contributed by atoms with van der Waals surface area (Å²) in [6.07, 6.45) is 4.47. The molecule has 4 heterocycles. The van der Waals surface area contributed by atoms with Gasteiger partial charge >= 0.3 is 0 Å². The van der Waals surface area contributed by atoms with Crippen molar-refractivity contribution in [2.45, 2.75) is 50.7 Å². The lowest BCUT2D eigenvalue weighted by Crippen LogP contribution is -2.48. The number of H-pyrrole nitrogens is 1. The average Bonchev–Trinajstić information content (AvgIpc) is 3.19. The summed E-state index contributed by atoms with van der Waals surface area (Å²) in [5, 5.41) is 13.7. The molecule has 2 aliphatic rings. The van der Waals surface area contributed by atoms with Crippen LogP contribution in [0.25, 0.3) is 11.5 Å². The molecular weight excluding hydrogens is 280 g/mol. The van der Waals surface area contributed by atoms with Gasteiger partial charge in [0.05, 0.1) is 0 Å². The molecule has 1 amide bonds. The van der Waals surface area contributed by atoms with Crippen molar-refractivity contribution in [1.82, 2.24) is 20.8 Å². The predicted octanol–water partition coefficient (Wildman–Crippen LogP) is 1.99. The van der Waals surface area contributed by atoms with Crippen molar-refractivity contribution in [2.75, 3.05) is 0 Å². The number of carbonyl (C=O) groups excluding carboxylic acids is 1. The second kappa shape index (κ2) is 5.28. The van der Waals surface area contributed by atoms with Gasteiger partial charge in [0.1, 0.15) is 11.5 Å². The second-order valence-corrected chi connectivity index (χ2v) is 6.36. The largest absolute Gasteiger partial charge is 0.460 e. The minimum absolute atomic E-state index is 0.114. The Labute approximate surface area is 128 Å². The fourth-order valence-corrected chi connectivity index (χ4v) is 3.58. The van der Waals surface area contributed by atoms with Crippen LogP contribution in [0.15, 0.2) is 22.6 Å². The summed E-state index contributed by atoms with van der Waals surface area (Å²) in [6, 6.07) is 6.87. The van der Waals surface area contributed by atoms with E-state index in [0.29, 0.717) is 23.5 Å². The maximum Gasteiger partial charge on any atom is 0.272 e. The van der Waals surface area contributed by atoms with Crippen LogP contribution in [0.3, 0.4) is 0 Å². The summed E-state index contributed by atoms with van der Waals surface area (Å²) in [5.41, 5.74) is 1.14. The zero-order valence-corrected chi connectivity index (χ0v) is 12.6. The first-order valence-electron chi connectivity index (χ1n) is 7.86. The standard InChI is InChI=1S/C16H20N4O2/c1-9-2-5-15(22-9)13-8-14(20-19-13)16(21)18-12-6-10-3-4-11(7-12)17-10/h2,5,8,10-12,17H,3-4,6-7H2,1H3,(H,18,21)(H,19,20). The fourth-order valence-electron chi connectivity index (χ4n) is 3.58. The van der Waals surface area contributed by atoms with Gasteiger partial charge < -0.3 is 15.1 Å². The molecule has 22 heavy (non-hydrogen) atoms. The van der Waals surface area contributed by atoms with Crippen molar-refractivity contribution < 1.29 is 9.21 Å². The number of amides is 1. The van der Waals surface area contributed by atoms with Crippen molar-refractivity contribution >= 4 is 5.91 Å². The fraction of sp³-hybridized carbons (Fsp3) is 0.500. The van der Waals surface area contributed by atoms with Crippen LogP contribution in [0.1, 0.15) is 41.9 Å². The van der Waals surface area contributed by atoms with Crippen molar-refractivity contribution in [3.8, 4) is 11.5 Å². The van der Waals surface area contributed by atoms with Gasteiger partial charge in [0.2, 0.25) is 0 Å². The van der Waals surface area contributed by atoms with Gasteiger partial charge in [-0.15, -0.1) is 0 Å². The number of carbonyl (C=O) groups is 1. The van der Waals surface area contributed by atoms with E-state index in [1.54, 1.807) is 6.07 Å². The number of rotatable bonds is 3. The van der Waals surface area contributed by atoms with Crippen LogP contribution >= 0.6 is 0 Å². The van der Waals surface area contributed by atoms with Gasteiger partial charge in [-0.2, -0.15) is 5.10 Å². The van der Waals surface area contributed by atoms with E-state index in [2.05, 4.69) is 20.8 Å². The summed E-state index contributed by atoms with van der Waals surface area (Å²) in [5.74, 6) is 1.42. The number of aromatic nitrogens is 2. The number of hydrogen-bond donors (Lipinski definition) is 3. The molecule has 2 aromatic heterocycles. The molecule has 2 unspecified atom stereocenters. The van der Waals surface area contributed by atoms with Crippen LogP contribution in [-0.2, 0) is 0 Å². The first-order valence-corrected chi connectivity index (χ1v) is 7.86. The third-order valence-electron chi connectivity index (χ3n) is 4.62. The SMILES string of the molecule is Cc1ccc(-c2cc(C(=O)NC3CC4CCC(C3)N4)n[nH]2)o1. The molecule has 2 aromatic rings. The Morgan fingerprint density at radius 3 is 2.77 bits per heavy atom. The van der Waals surface area contributed by atoms with Crippen LogP contribution in [0.5, 0.6) is 0 Å². The van der Waals surface area contributed by atoms with E-state index in [-0.39, 0.29) is 11.9 Å². The van der Waals surface area contributed by atoms with Gasteiger partial charge in [-0.05, 0) is 44.7 Å². The molecule has 2 aliphatic heterocycles. The minimum Gasteiger partial charge on any atom is -0.460 e. The smallest absolute Gasteiger partial charge is 0.272 e. The number of nitrogens with zero attached hydrogens (tertiary/aromatic N) is 1. The number of aromatic amines is 1. The minimum atomic E-state index is -0.114. The normalized spacial score (nSPS) is 27.0. The number of piperidine rings is 1. The van der Waals surface area contributed by atoms with Crippen molar-refractivity contribution in [3.05, 3.63) is 29.7 Å². The highest BCUT2D eigenvalue weighted by molar-refractivity contribution is 5.93. The highest BCUT2D eigenvalue weighted by atomic mass is 16.3. The first-order chi connectivity index (χ1) is 10.7. The van der Waals surface area contributed by atoms with E-state index in [1.165, 1.54) is 12.8 Å². The number of hydrogen-bond acceptors (Lipinski definition) is 4. The van der Waals surface area contributed by atoms with Crippen LogP contribution in [0, 0.1) is 6.92 Å². The molecule has 0 spiro atoms. The molecule has 0 aliphatic carbocycles. The van der Waals surface area contributed by atoms with Gasteiger partial charge in [0, 0.05) is 24.2 Å². The molecule has 2 atom stereocenters. The molecule has 116 valence electrons. The molecule has 4 rings (SSSR count). The van der Waals surface area contributed by atoms with E-state index >= 15 is 0 Å². The zero-order chi connectivity index (χ0) is 15.1. The maximum absolute atomic E-state index is 12.4. The molecule has 2 saturated heterocycles. The highest BCUT2D eigenvalue weighted by Crippen LogP contribution is 2.27. The summed E-state index contributed by atoms with van der Waals surface area (Å²) in [4.78, 5) is 12.4. The van der Waals surface area contributed by atoms with Crippen LogP contribution in [-0.4, -0.2) is 34.2 Å². The highest BCUT2D eigenvalue weighted by Gasteiger charge is 2.34. The number of aryl methyl sites for hydroxylation is 1. The molecule has 0 saturated carbocycles. The molecule has 2 fully saturated rings. The topological polar surface area (TPSA) is 83.0 Å². The lowest BCUT2D eigenvalue weighted by molar-refractivity contribution is 0.0919. The molecule has 0 aromatic carbocycles.